The molecule has 4 heterocycles. The zero-order valence-corrected chi connectivity index (χ0v) is 38.3. The summed E-state index contributed by atoms with van der Waals surface area (Å²) in [4.78, 5) is 22.6. The molecule has 0 radical (unpaired) electrons. The Bertz CT molecular complexity index is 1370. The average molecular weight is 846 g/mol. The lowest BCUT2D eigenvalue weighted by molar-refractivity contribution is -0.319. The first-order valence-electron chi connectivity index (χ1n) is 21.8. The van der Waals surface area contributed by atoms with Gasteiger partial charge in [0.15, 0.2) is 12.6 Å². The van der Waals surface area contributed by atoms with E-state index < -0.39 is 102 Å². The highest BCUT2D eigenvalue weighted by atomic mass is 16.7. The van der Waals surface area contributed by atoms with Crippen LogP contribution < -0.4 is 5.32 Å². The van der Waals surface area contributed by atoms with Crippen LogP contribution in [0.1, 0.15) is 108 Å². The number of hydrogen-bond donors (Lipinski definition) is 5. The molecule has 16 heteroatoms. The van der Waals surface area contributed by atoms with Gasteiger partial charge >= 0.3 is 5.97 Å². The highest BCUT2D eigenvalue weighted by molar-refractivity contribution is 5.88. The van der Waals surface area contributed by atoms with Crippen LogP contribution in [-0.4, -0.2) is 169 Å². The molecule has 59 heavy (non-hydrogen) atoms. The van der Waals surface area contributed by atoms with E-state index in [1.54, 1.807) is 41.7 Å². The number of nitrogens with zero attached hydrogens (tertiary/aromatic N) is 2. The molecule has 344 valence electrons. The van der Waals surface area contributed by atoms with Crippen LogP contribution in [0.5, 0.6) is 0 Å². The number of aliphatic hydroxyl groups is 4. The zero-order valence-electron chi connectivity index (χ0n) is 38.3. The number of ether oxygens (including phenoxy) is 7. The summed E-state index contributed by atoms with van der Waals surface area (Å²) in [7, 11) is 6.92. The molecule has 19 atom stereocenters. The van der Waals surface area contributed by atoms with Gasteiger partial charge < -0.3 is 68.6 Å². The van der Waals surface area contributed by atoms with E-state index in [0.717, 1.165) is 19.4 Å². The number of carbonyl (C=O) groups is 1. The third-order valence-electron chi connectivity index (χ3n) is 13.9. The summed E-state index contributed by atoms with van der Waals surface area (Å²) in [6, 6.07) is -0.271. The lowest BCUT2D eigenvalue weighted by Crippen LogP contribution is -2.61. The Morgan fingerprint density at radius 2 is 1.58 bits per heavy atom. The van der Waals surface area contributed by atoms with Crippen LogP contribution in [0, 0.1) is 23.7 Å². The van der Waals surface area contributed by atoms with Gasteiger partial charge in [0.25, 0.3) is 0 Å². The number of aliphatic hydroxyl groups excluding tert-OH is 3. The zero-order chi connectivity index (χ0) is 44.2. The van der Waals surface area contributed by atoms with Crippen LogP contribution in [0.2, 0.25) is 0 Å². The molecule has 4 rings (SSSR count). The minimum atomic E-state index is -1.90. The molecule has 4 fully saturated rings. The van der Waals surface area contributed by atoms with E-state index in [0.29, 0.717) is 18.7 Å². The van der Waals surface area contributed by atoms with Crippen LogP contribution in [0.15, 0.2) is 5.16 Å². The van der Waals surface area contributed by atoms with Gasteiger partial charge in [0.1, 0.15) is 30.0 Å². The summed E-state index contributed by atoms with van der Waals surface area (Å²) in [5, 5.41) is 55.0. The number of nitrogens with one attached hydrogen (secondary N) is 1. The van der Waals surface area contributed by atoms with E-state index in [-0.39, 0.29) is 37.5 Å². The Balaban J connectivity index is 1.90. The van der Waals surface area contributed by atoms with Crippen molar-refractivity contribution in [1.82, 2.24) is 10.2 Å². The molecule has 0 bridgehead atoms. The van der Waals surface area contributed by atoms with Crippen molar-refractivity contribution in [3.63, 3.8) is 0 Å². The van der Waals surface area contributed by atoms with Gasteiger partial charge in [-0.15, -0.1) is 0 Å². The normalized spacial score (nSPS) is 48.1. The van der Waals surface area contributed by atoms with E-state index in [1.165, 1.54) is 14.0 Å². The lowest BCUT2D eigenvalue weighted by atomic mass is 9.73. The van der Waals surface area contributed by atoms with Gasteiger partial charge in [-0.05, 0) is 94.3 Å². The largest absolute Gasteiger partial charge is 0.459 e. The number of cyclic esters (lactones) is 1. The van der Waals surface area contributed by atoms with Gasteiger partial charge in [-0.1, -0.05) is 32.9 Å². The standard InChI is InChI=1S/C43H79N3O13/c1-15-31-43(10,51)36(48)25(4)33(45-59-29-17-16-18-44-22-29)23(2)20-42(9,53-14)38(58-40-34(47)30(46(11)12)19-24(3)54-40)26(5)35(27(6)39(50)56-31)57-32-21-41(8,52-13)37(49)28(7)55-32/h23-32,34-38,40,44,47-49,51H,15-22H2,1-14H3/t23-,24-,25+,26+,27-,28?,29?,30+,31-,32?,34-,35+,36-,37?,38-,40+,41?,42-,43-/m1/s1. The summed E-state index contributed by atoms with van der Waals surface area (Å²) in [6.07, 6.45) is -6.61. The lowest BCUT2D eigenvalue weighted by Gasteiger charge is -2.50. The molecule has 16 nitrogen and oxygen atoms in total. The van der Waals surface area contributed by atoms with Crippen molar-refractivity contribution < 1.29 is 63.2 Å². The SMILES string of the molecule is CC[C@H]1OC(=O)[C@H](C)[C@@H](OC2CC(C)(OC)C(O)C(C)O2)[C@H](C)[C@@H](O[C@@H]2O[C@H](C)C[C@H](N(C)C)[C@H]2O)[C@](C)(OC)C[C@@H](C)C(=NOC2CCCNC2)[C@H](C)[C@@H](O)[C@]1(C)O. The minimum Gasteiger partial charge on any atom is -0.459 e. The van der Waals surface area contributed by atoms with Gasteiger partial charge in [-0.3, -0.25) is 4.79 Å². The fourth-order valence-corrected chi connectivity index (χ4v) is 9.81. The molecule has 5 N–H and O–H groups in total. The predicted molar refractivity (Wildman–Crippen MR) is 220 cm³/mol. The molecule has 4 aliphatic heterocycles. The molecule has 0 aromatic carbocycles. The maximum absolute atomic E-state index is 14.5. The first-order valence-corrected chi connectivity index (χ1v) is 21.8. The summed E-state index contributed by atoms with van der Waals surface area (Å²) in [6.45, 7) is 19.5. The Morgan fingerprint density at radius 3 is 2.15 bits per heavy atom. The number of esters is 1. The van der Waals surface area contributed by atoms with E-state index in [9.17, 15) is 25.2 Å². The van der Waals surface area contributed by atoms with Crippen LogP contribution in [0.4, 0.5) is 0 Å². The van der Waals surface area contributed by atoms with E-state index in [4.69, 9.17) is 43.2 Å². The molecule has 0 saturated carbocycles. The topological polar surface area (TPSA) is 199 Å². The fourth-order valence-electron chi connectivity index (χ4n) is 9.81. The highest BCUT2D eigenvalue weighted by Gasteiger charge is 2.54. The first-order chi connectivity index (χ1) is 27.5. The van der Waals surface area contributed by atoms with Gasteiger partial charge in [-0.25, -0.2) is 0 Å². The van der Waals surface area contributed by atoms with Crippen molar-refractivity contribution in [3.05, 3.63) is 0 Å². The molecule has 4 saturated heterocycles. The van der Waals surface area contributed by atoms with Crippen molar-refractivity contribution in [1.29, 1.82) is 0 Å². The molecule has 0 aromatic rings. The Hall–Kier alpha value is -1.54. The van der Waals surface area contributed by atoms with Crippen LogP contribution >= 0.6 is 0 Å². The van der Waals surface area contributed by atoms with Crippen LogP contribution in [0.25, 0.3) is 0 Å². The van der Waals surface area contributed by atoms with Crippen molar-refractivity contribution in [2.45, 2.75) is 198 Å². The second-order valence-corrected chi connectivity index (χ2v) is 18.8. The minimum absolute atomic E-state index is 0.142. The Morgan fingerprint density at radius 1 is 0.915 bits per heavy atom. The summed E-state index contributed by atoms with van der Waals surface area (Å²) >= 11 is 0. The second-order valence-electron chi connectivity index (χ2n) is 18.8. The highest BCUT2D eigenvalue weighted by Crippen LogP contribution is 2.42. The third-order valence-corrected chi connectivity index (χ3v) is 13.9. The van der Waals surface area contributed by atoms with Gasteiger partial charge in [-0.2, -0.15) is 0 Å². The number of carbonyl (C=O) groups excluding carboxylic acids is 1. The summed E-state index contributed by atoms with van der Waals surface area (Å²) in [5.74, 6) is -3.52. The van der Waals surface area contributed by atoms with Crippen LogP contribution in [-0.2, 0) is 42.8 Å². The second kappa shape index (κ2) is 20.8. The monoisotopic (exact) mass is 846 g/mol. The van der Waals surface area contributed by atoms with E-state index in [2.05, 4.69) is 5.32 Å². The third kappa shape index (κ3) is 11.4. The summed E-state index contributed by atoms with van der Waals surface area (Å²) in [5.41, 5.74) is -3.61. The maximum atomic E-state index is 14.5. The first kappa shape index (κ1) is 50.1. The average Bonchev–Trinajstić information content (AvgIpc) is 3.19. The Labute approximate surface area is 352 Å². The van der Waals surface area contributed by atoms with Gasteiger partial charge in [0, 0.05) is 51.0 Å². The Kier molecular flexibility index (Phi) is 17.6. The number of oxime groups is 1. The van der Waals surface area contributed by atoms with Crippen molar-refractivity contribution in [2.24, 2.45) is 28.8 Å². The van der Waals surface area contributed by atoms with Crippen molar-refractivity contribution >= 4 is 11.7 Å². The molecule has 0 spiro atoms. The predicted octanol–water partition coefficient (Wildman–Crippen LogP) is 3.00. The van der Waals surface area contributed by atoms with Crippen molar-refractivity contribution in [3.8, 4) is 0 Å². The number of likely N-dealkylation sites (N-methyl/N-ethyl adjacent to an activating group) is 1. The maximum Gasteiger partial charge on any atom is 0.311 e. The van der Waals surface area contributed by atoms with E-state index in [1.807, 2.05) is 46.7 Å². The molecule has 0 amide bonds. The fraction of sp³-hybridized carbons (Fsp3) is 0.953. The number of methoxy groups -OCH3 is 2. The molecular weight excluding hydrogens is 766 g/mol. The molecule has 0 aromatic heterocycles. The molecule has 5 unspecified atom stereocenters. The number of hydrogen-bond acceptors (Lipinski definition) is 16. The summed E-state index contributed by atoms with van der Waals surface area (Å²) < 4.78 is 44.9. The van der Waals surface area contributed by atoms with Gasteiger partial charge in [0.05, 0.1) is 53.4 Å². The van der Waals surface area contributed by atoms with Crippen LogP contribution in [0.3, 0.4) is 0 Å². The van der Waals surface area contributed by atoms with Crippen molar-refractivity contribution in [2.75, 3.05) is 41.4 Å². The molecule has 0 aliphatic carbocycles. The molecule has 4 aliphatic rings. The smallest absolute Gasteiger partial charge is 0.311 e. The van der Waals surface area contributed by atoms with Gasteiger partial charge in [0.2, 0.25) is 0 Å². The van der Waals surface area contributed by atoms with E-state index >= 15 is 0 Å². The number of piperidine rings is 1. The molecular formula is C43H79N3O13. The quantitative estimate of drug-likeness (QED) is 0.159. The number of rotatable bonds is 10.